The highest BCUT2D eigenvalue weighted by molar-refractivity contribution is 5.89. The van der Waals surface area contributed by atoms with E-state index in [4.69, 9.17) is 5.10 Å². The van der Waals surface area contributed by atoms with Gasteiger partial charge in [-0.25, -0.2) is 9.67 Å². The third-order valence-corrected chi connectivity index (χ3v) is 5.32. The number of rotatable bonds is 4. The van der Waals surface area contributed by atoms with E-state index in [0.717, 1.165) is 22.5 Å². The molecule has 32 heavy (non-hydrogen) atoms. The second-order valence-corrected chi connectivity index (χ2v) is 7.62. The summed E-state index contributed by atoms with van der Waals surface area (Å²) in [5.41, 5.74) is 5.16. The molecule has 0 aliphatic heterocycles. The average molecular weight is 419 g/mol. The zero-order valence-corrected chi connectivity index (χ0v) is 17.8. The van der Waals surface area contributed by atoms with Gasteiger partial charge in [0.25, 0.3) is 5.56 Å². The Bertz CT molecular complexity index is 1500. The minimum atomic E-state index is -0.198. The summed E-state index contributed by atoms with van der Waals surface area (Å²) < 4.78 is 3.16. The maximum absolute atomic E-state index is 13.0. The number of aromatic nitrogens is 4. The summed E-state index contributed by atoms with van der Waals surface area (Å²) in [6, 6.07) is 25.4. The summed E-state index contributed by atoms with van der Waals surface area (Å²) in [5, 5.41) is 9.85. The van der Waals surface area contributed by atoms with Crippen LogP contribution in [-0.4, -0.2) is 25.7 Å². The summed E-state index contributed by atoms with van der Waals surface area (Å²) in [6.07, 6.45) is 3.59. The van der Waals surface area contributed by atoms with Crippen LogP contribution in [0.3, 0.4) is 0 Å². The largest absolute Gasteiger partial charge is 0.282 e. The van der Waals surface area contributed by atoms with Crippen molar-refractivity contribution in [3.63, 3.8) is 0 Å². The van der Waals surface area contributed by atoms with E-state index < -0.39 is 0 Å². The van der Waals surface area contributed by atoms with Gasteiger partial charge in [0.15, 0.2) is 0 Å². The van der Waals surface area contributed by atoms with Crippen LogP contribution in [-0.2, 0) is 0 Å². The molecule has 0 atom stereocenters. The van der Waals surface area contributed by atoms with Crippen molar-refractivity contribution in [1.82, 2.24) is 19.4 Å². The summed E-state index contributed by atoms with van der Waals surface area (Å²) in [7, 11) is 0. The number of hydrogen-bond donors (Lipinski definition) is 0. The highest BCUT2D eigenvalue weighted by atomic mass is 16.1. The van der Waals surface area contributed by atoms with Crippen LogP contribution in [0.1, 0.15) is 17.0 Å². The normalized spacial score (nSPS) is 11.4. The van der Waals surface area contributed by atoms with E-state index in [2.05, 4.69) is 29.1 Å². The van der Waals surface area contributed by atoms with E-state index in [0.29, 0.717) is 16.7 Å². The molecule has 156 valence electrons. The average Bonchev–Trinajstić information content (AvgIpc) is 3.24. The Morgan fingerprint density at radius 2 is 1.59 bits per heavy atom. The second-order valence-electron chi connectivity index (χ2n) is 7.62. The number of fused-ring (bicyclic) bond motifs is 1. The number of aryl methyl sites for hydroxylation is 2. The third kappa shape index (κ3) is 3.63. The highest BCUT2D eigenvalue weighted by Crippen LogP contribution is 2.23. The van der Waals surface area contributed by atoms with Gasteiger partial charge in [0, 0.05) is 17.3 Å². The fourth-order valence-corrected chi connectivity index (χ4v) is 3.62. The van der Waals surface area contributed by atoms with Crippen LogP contribution in [0, 0.1) is 13.8 Å². The first kappa shape index (κ1) is 19.6. The first-order chi connectivity index (χ1) is 15.6. The quantitative estimate of drug-likeness (QED) is 0.395. The van der Waals surface area contributed by atoms with Gasteiger partial charge < -0.3 is 0 Å². The highest BCUT2D eigenvalue weighted by Gasteiger charge is 2.12. The molecule has 0 amide bonds. The van der Waals surface area contributed by atoms with Crippen LogP contribution >= 0.6 is 0 Å². The maximum atomic E-state index is 13.0. The first-order valence-corrected chi connectivity index (χ1v) is 10.3. The Morgan fingerprint density at radius 3 is 2.38 bits per heavy atom. The molecular formula is C26H21N5O. The Kier molecular flexibility index (Phi) is 4.95. The van der Waals surface area contributed by atoms with Gasteiger partial charge in [-0.3, -0.25) is 4.79 Å². The van der Waals surface area contributed by atoms with Gasteiger partial charge in [-0.15, -0.1) is 0 Å². The molecule has 0 saturated carbocycles. The van der Waals surface area contributed by atoms with Crippen LogP contribution < -0.4 is 5.56 Å². The van der Waals surface area contributed by atoms with E-state index in [-0.39, 0.29) is 5.56 Å². The van der Waals surface area contributed by atoms with E-state index >= 15 is 0 Å². The van der Waals surface area contributed by atoms with Crippen LogP contribution in [0.25, 0.3) is 27.8 Å². The van der Waals surface area contributed by atoms with Gasteiger partial charge in [0.1, 0.15) is 11.5 Å². The van der Waals surface area contributed by atoms with Crippen molar-refractivity contribution in [2.24, 2.45) is 5.10 Å². The van der Waals surface area contributed by atoms with Crippen LogP contribution in [0.4, 0.5) is 0 Å². The molecule has 6 nitrogen and oxygen atoms in total. The van der Waals surface area contributed by atoms with Crippen molar-refractivity contribution in [1.29, 1.82) is 0 Å². The number of benzene rings is 3. The lowest BCUT2D eigenvalue weighted by Gasteiger charge is -2.05. The molecule has 5 aromatic rings. The Balaban J connectivity index is 1.64. The third-order valence-electron chi connectivity index (χ3n) is 5.32. The summed E-state index contributed by atoms with van der Waals surface area (Å²) in [4.78, 5) is 17.5. The predicted octanol–water partition coefficient (Wildman–Crippen LogP) is 4.75. The number of hydrogen-bond acceptors (Lipinski definition) is 4. The van der Waals surface area contributed by atoms with Crippen molar-refractivity contribution in [2.45, 2.75) is 13.8 Å². The van der Waals surface area contributed by atoms with E-state index in [1.165, 1.54) is 10.2 Å². The SMILES string of the molecule is Cc1ccc(-c2nn(-c3ccccc3)cc2C=Nn2c(C)nc3ccccc3c2=O)cc1. The van der Waals surface area contributed by atoms with Crippen molar-refractivity contribution in [2.75, 3.05) is 0 Å². The summed E-state index contributed by atoms with van der Waals surface area (Å²) in [6.45, 7) is 3.83. The van der Waals surface area contributed by atoms with Gasteiger partial charge in [0.05, 0.1) is 22.8 Å². The predicted molar refractivity (Wildman–Crippen MR) is 127 cm³/mol. The molecule has 0 aliphatic carbocycles. The van der Waals surface area contributed by atoms with Gasteiger partial charge >= 0.3 is 0 Å². The Morgan fingerprint density at radius 1 is 0.875 bits per heavy atom. The molecule has 0 saturated heterocycles. The molecule has 0 radical (unpaired) electrons. The molecule has 0 bridgehead atoms. The number of nitrogens with zero attached hydrogens (tertiary/aromatic N) is 5. The van der Waals surface area contributed by atoms with E-state index in [9.17, 15) is 4.79 Å². The smallest absolute Gasteiger partial charge is 0.267 e. The van der Waals surface area contributed by atoms with Crippen molar-refractivity contribution >= 4 is 17.1 Å². The fraction of sp³-hybridized carbons (Fsp3) is 0.0769. The maximum Gasteiger partial charge on any atom is 0.282 e. The zero-order valence-electron chi connectivity index (χ0n) is 17.8. The van der Waals surface area contributed by atoms with Crippen molar-refractivity contribution in [3.05, 3.63) is 112 Å². The van der Waals surface area contributed by atoms with Gasteiger partial charge in [-0.1, -0.05) is 60.2 Å². The molecule has 0 aliphatic rings. The molecule has 6 heteroatoms. The molecular weight excluding hydrogens is 398 g/mol. The van der Waals surface area contributed by atoms with Crippen LogP contribution in [0.15, 0.2) is 95.0 Å². The van der Waals surface area contributed by atoms with Gasteiger partial charge in [-0.2, -0.15) is 14.9 Å². The topological polar surface area (TPSA) is 65.1 Å². The zero-order chi connectivity index (χ0) is 22.1. The molecule has 2 aromatic heterocycles. The lowest BCUT2D eigenvalue weighted by molar-refractivity contribution is 0.771. The lowest BCUT2D eigenvalue weighted by Crippen LogP contribution is -2.20. The minimum absolute atomic E-state index is 0.198. The molecule has 0 spiro atoms. The summed E-state index contributed by atoms with van der Waals surface area (Å²) >= 11 is 0. The van der Waals surface area contributed by atoms with Crippen LogP contribution in [0.5, 0.6) is 0 Å². The van der Waals surface area contributed by atoms with E-state index in [1.807, 2.05) is 71.5 Å². The standard InChI is InChI=1S/C26H21N5O/c1-18-12-14-20(15-13-18)25-21(17-30(29-25)22-8-4-3-5-9-22)16-27-31-19(2)28-24-11-7-6-10-23(24)26(31)32/h3-17H,1-2H3. The minimum Gasteiger partial charge on any atom is -0.267 e. The molecule has 5 rings (SSSR count). The van der Waals surface area contributed by atoms with Crippen molar-refractivity contribution < 1.29 is 0 Å². The molecule has 0 fully saturated rings. The fourth-order valence-electron chi connectivity index (χ4n) is 3.62. The number of para-hydroxylation sites is 2. The second kappa shape index (κ2) is 8.07. The Labute approximate surface area is 185 Å². The summed E-state index contributed by atoms with van der Waals surface area (Å²) in [5.74, 6) is 0.525. The Hall–Kier alpha value is -4.32. The van der Waals surface area contributed by atoms with Gasteiger partial charge in [0.2, 0.25) is 0 Å². The first-order valence-electron chi connectivity index (χ1n) is 10.3. The van der Waals surface area contributed by atoms with Gasteiger partial charge in [-0.05, 0) is 38.1 Å². The van der Waals surface area contributed by atoms with E-state index in [1.54, 1.807) is 19.2 Å². The monoisotopic (exact) mass is 419 g/mol. The molecule has 0 unspecified atom stereocenters. The van der Waals surface area contributed by atoms with Crippen molar-refractivity contribution in [3.8, 4) is 16.9 Å². The molecule has 0 N–H and O–H groups in total. The molecule has 2 heterocycles. The van der Waals surface area contributed by atoms with Crippen LogP contribution in [0.2, 0.25) is 0 Å². The lowest BCUT2D eigenvalue weighted by atomic mass is 10.1. The molecule has 3 aromatic carbocycles.